The van der Waals surface area contributed by atoms with E-state index in [2.05, 4.69) is 27.3 Å². The SMILES string of the molecule is CC(C1CC1)n1nccc1NC(=O)CSCc1nc2sc3c(c2c(=O)[nH]1)CCC3. The van der Waals surface area contributed by atoms with Crippen LogP contribution in [-0.2, 0) is 23.4 Å². The van der Waals surface area contributed by atoms with Gasteiger partial charge in [-0.15, -0.1) is 23.1 Å². The monoisotopic (exact) mass is 429 g/mol. The predicted molar refractivity (Wildman–Crippen MR) is 117 cm³/mol. The summed E-state index contributed by atoms with van der Waals surface area (Å²) in [7, 11) is 0. The van der Waals surface area contributed by atoms with Crippen LogP contribution in [0.1, 0.15) is 48.5 Å². The maximum absolute atomic E-state index is 12.5. The molecule has 29 heavy (non-hydrogen) atoms. The molecule has 0 spiro atoms. The normalized spacial score (nSPS) is 16.9. The summed E-state index contributed by atoms with van der Waals surface area (Å²) in [5.41, 5.74) is 1.14. The highest BCUT2D eigenvalue weighted by Crippen LogP contribution is 2.40. The number of thiophene rings is 1. The molecule has 9 heteroatoms. The number of thioether (sulfide) groups is 1. The quantitative estimate of drug-likeness (QED) is 0.600. The molecule has 3 aromatic rings. The number of hydrogen-bond donors (Lipinski definition) is 2. The molecule has 5 rings (SSSR count). The van der Waals surface area contributed by atoms with Gasteiger partial charge in [0.1, 0.15) is 16.5 Å². The van der Waals surface area contributed by atoms with Gasteiger partial charge in [-0.2, -0.15) is 5.10 Å². The van der Waals surface area contributed by atoms with E-state index in [0.29, 0.717) is 29.3 Å². The Morgan fingerprint density at radius 3 is 3.14 bits per heavy atom. The Hall–Kier alpha value is -2.13. The van der Waals surface area contributed by atoms with Crippen molar-refractivity contribution in [3.8, 4) is 0 Å². The number of amides is 1. The molecule has 3 aromatic heterocycles. The van der Waals surface area contributed by atoms with E-state index in [9.17, 15) is 9.59 Å². The van der Waals surface area contributed by atoms with Gasteiger partial charge in [0.05, 0.1) is 29.1 Å². The fraction of sp³-hybridized carbons (Fsp3) is 0.500. The predicted octanol–water partition coefficient (Wildman–Crippen LogP) is 3.51. The zero-order valence-electron chi connectivity index (χ0n) is 16.2. The summed E-state index contributed by atoms with van der Waals surface area (Å²) in [6.45, 7) is 2.15. The lowest BCUT2D eigenvalue weighted by molar-refractivity contribution is -0.113. The largest absolute Gasteiger partial charge is 0.310 e. The van der Waals surface area contributed by atoms with Gasteiger partial charge in [-0.1, -0.05) is 0 Å². The third-order valence-corrected chi connectivity index (χ3v) is 7.85. The minimum absolute atomic E-state index is 0.0487. The highest BCUT2D eigenvalue weighted by molar-refractivity contribution is 7.99. The number of anilines is 1. The van der Waals surface area contributed by atoms with Crippen molar-refractivity contribution in [3.05, 3.63) is 38.9 Å². The summed E-state index contributed by atoms with van der Waals surface area (Å²) in [6.07, 6.45) is 7.34. The highest BCUT2D eigenvalue weighted by atomic mass is 32.2. The number of aromatic nitrogens is 4. The van der Waals surface area contributed by atoms with E-state index in [-0.39, 0.29) is 11.5 Å². The zero-order chi connectivity index (χ0) is 20.0. The number of nitrogens with one attached hydrogen (secondary N) is 2. The molecule has 2 N–H and O–H groups in total. The van der Waals surface area contributed by atoms with Gasteiger partial charge in [-0.25, -0.2) is 9.67 Å². The molecule has 3 heterocycles. The first kappa shape index (κ1) is 18.9. The van der Waals surface area contributed by atoms with Crippen molar-refractivity contribution in [3.63, 3.8) is 0 Å². The topological polar surface area (TPSA) is 92.7 Å². The molecule has 1 saturated carbocycles. The number of aryl methyl sites for hydroxylation is 2. The molecule has 1 amide bonds. The number of aromatic amines is 1. The number of carbonyl (C=O) groups excluding carboxylic acids is 1. The summed E-state index contributed by atoms with van der Waals surface area (Å²) in [5, 5.41) is 8.09. The maximum Gasteiger partial charge on any atom is 0.259 e. The summed E-state index contributed by atoms with van der Waals surface area (Å²) < 4.78 is 1.91. The van der Waals surface area contributed by atoms with Crippen molar-refractivity contribution < 1.29 is 4.79 Å². The minimum Gasteiger partial charge on any atom is -0.310 e. The number of rotatable bonds is 7. The van der Waals surface area contributed by atoms with Gasteiger partial charge in [-0.05, 0) is 50.5 Å². The van der Waals surface area contributed by atoms with E-state index in [4.69, 9.17) is 0 Å². The molecule has 0 aliphatic heterocycles. The van der Waals surface area contributed by atoms with Crippen LogP contribution in [0.5, 0.6) is 0 Å². The van der Waals surface area contributed by atoms with Crippen molar-refractivity contribution >= 4 is 45.0 Å². The molecule has 0 aromatic carbocycles. The van der Waals surface area contributed by atoms with Crippen LogP contribution in [0.25, 0.3) is 10.2 Å². The molecule has 2 aliphatic carbocycles. The fourth-order valence-electron chi connectivity index (χ4n) is 4.05. The second-order valence-corrected chi connectivity index (χ2v) is 9.90. The van der Waals surface area contributed by atoms with Gasteiger partial charge < -0.3 is 10.3 Å². The number of hydrogen-bond acceptors (Lipinski definition) is 6. The van der Waals surface area contributed by atoms with Crippen LogP contribution in [0.4, 0.5) is 5.82 Å². The van der Waals surface area contributed by atoms with E-state index in [0.717, 1.165) is 35.3 Å². The van der Waals surface area contributed by atoms with Crippen LogP contribution in [0.3, 0.4) is 0 Å². The second kappa shape index (κ2) is 7.60. The molecule has 1 fully saturated rings. The summed E-state index contributed by atoms with van der Waals surface area (Å²) in [5.74, 6) is 2.77. The molecule has 0 radical (unpaired) electrons. The Bertz CT molecular complexity index is 1130. The first-order valence-electron chi connectivity index (χ1n) is 10.0. The Morgan fingerprint density at radius 2 is 2.31 bits per heavy atom. The van der Waals surface area contributed by atoms with Crippen LogP contribution >= 0.6 is 23.1 Å². The third kappa shape index (κ3) is 3.73. The zero-order valence-corrected chi connectivity index (χ0v) is 17.9. The van der Waals surface area contributed by atoms with Gasteiger partial charge in [-0.3, -0.25) is 9.59 Å². The van der Waals surface area contributed by atoms with Gasteiger partial charge in [0.25, 0.3) is 5.56 Å². The Morgan fingerprint density at radius 1 is 1.45 bits per heavy atom. The van der Waals surface area contributed by atoms with E-state index >= 15 is 0 Å². The molecule has 1 unspecified atom stereocenters. The maximum atomic E-state index is 12.5. The second-order valence-electron chi connectivity index (χ2n) is 7.83. The first-order valence-corrected chi connectivity index (χ1v) is 12.0. The number of nitrogens with zero attached hydrogens (tertiary/aromatic N) is 3. The van der Waals surface area contributed by atoms with Crippen LogP contribution in [0.2, 0.25) is 0 Å². The van der Waals surface area contributed by atoms with Crippen LogP contribution in [0, 0.1) is 5.92 Å². The van der Waals surface area contributed by atoms with E-state index in [1.54, 1.807) is 17.5 Å². The van der Waals surface area contributed by atoms with Gasteiger partial charge >= 0.3 is 0 Å². The number of fused-ring (bicyclic) bond motifs is 3. The Labute approximate surface area is 176 Å². The third-order valence-electron chi connectivity index (χ3n) is 5.72. The summed E-state index contributed by atoms with van der Waals surface area (Å²) in [6, 6.07) is 2.14. The lowest BCUT2D eigenvalue weighted by atomic mass is 10.2. The highest BCUT2D eigenvalue weighted by Gasteiger charge is 2.30. The lowest BCUT2D eigenvalue weighted by Crippen LogP contribution is -2.20. The van der Waals surface area contributed by atoms with E-state index in [1.807, 2.05) is 10.7 Å². The summed E-state index contributed by atoms with van der Waals surface area (Å²) >= 11 is 3.09. The van der Waals surface area contributed by atoms with Crippen molar-refractivity contribution in [2.45, 2.75) is 50.8 Å². The van der Waals surface area contributed by atoms with Gasteiger partial charge in [0.2, 0.25) is 5.91 Å². The van der Waals surface area contributed by atoms with Gasteiger partial charge in [0.15, 0.2) is 0 Å². The summed E-state index contributed by atoms with van der Waals surface area (Å²) in [4.78, 5) is 34.5. The smallest absolute Gasteiger partial charge is 0.259 e. The molecule has 7 nitrogen and oxygen atoms in total. The molecule has 0 saturated heterocycles. The lowest BCUT2D eigenvalue weighted by Gasteiger charge is -2.15. The molecule has 0 bridgehead atoms. The van der Waals surface area contributed by atoms with Crippen molar-refractivity contribution in [1.82, 2.24) is 19.7 Å². The average molecular weight is 430 g/mol. The molecule has 2 aliphatic rings. The molecular weight excluding hydrogens is 406 g/mol. The van der Waals surface area contributed by atoms with Crippen LogP contribution < -0.4 is 10.9 Å². The van der Waals surface area contributed by atoms with Crippen molar-refractivity contribution in [2.24, 2.45) is 5.92 Å². The molecule has 152 valence electrons. The molecule has 1 atom stereocenters. The Balaban J connectivity index is 1.20. The van der Waals surface area contributed by atoms with Crippen LogP contribution in [0.15, 0.2) is 17.1 Å². The van der Waals surface area contributed by atoms with Gasteiger partial charge in [0, 0.05) is 10.9 Å². The Kier molecular flexibility index (Phi) is 4.95. The number of H-pyrrole nitrogens is 1. The van der Waals surface area contributed by atoms with E-state index < -0.39 is 0 Å². The first-order chi connectivity index (χ1) is 14.1. The standard InChI is InChI=1S/C20H23N5O2S2/c1-11(12-5-6-12)25-16(7-8-21-25)24-17(26)10-28-9-15-22-19(27)18-13-3-2-4-14(13)29-20(18)23-15/h7-8,11-12H,2-6,9-10H2,1H3,(H,24,26)(H,22,23,27). The minimum atomic E-state index is -0.0710. The fourth-order valence-corrected chi connectivity index (χ4v) is 6.02. The van der Waals surface area contributed by atoms with Crippen molar-refractivity contribution in [2.75, 3.05) is 11.1 Å². The van der Waals surface area contributed by atoms with Crippen molar-refractivity contribution in [1.29, 1.82) is 0 Å². The number of carbonyl (C=O) groups is 1. The average Bonchev–Trinajstić information content (AvgIpc) is 3.09. The molecular formula is C20H23N5O2S2. The van der Waals surface area contributed by atoms with Crippen LogP contribution in [-0.4, -0.2) is 31.4 Å². The van der Waals surface area contributed by atoms with E-state index in [1.165, 1.54) is 35.0 Å².